The number of anilines is 5. The minimum absolute atomic E-state index is 0.251. The summed E-state index contributed by atoms with van der Waals surface area (Å²) in [6.07, 6.45) is 16.3. The number of rotatable bonds is 3. The number of hydrogen-bond acceptors (Lipinski definition) is 8. The van der Waals surface area contributed by atoms with Crippen LogP contribution in [0.25, 0.3) is 11.1 Å². The molecule has 6 heterocycles. The van der Waals surface area contributed by atoms with Crippen molar-refractivity contribution in [2.45, 2.75) is 27.1 Å². The van der Waals surface area contributed by atoms with Crippen molar-refractivity contribution in [3.63, 3.8) is 0 Å². The van der Waals surface area contributed by atoms with Crippen molar-refractivity contribution in [2.75, 3.05) is 9.80 Å². The van der Waals surface area contributed by atoms with Gasteiger partial charge in [-0.05, 0) is 53.6 Å². The number of fused-ring (bicyclic) bond motifs is 4. The highest BCUT2D eigenvalue weighted by Crippen LogP contribution is 2.51. The molecule has 0 radical (unpaired) electrons. The second-order valence-electron chi connectivity index (χ2n) is 9.65. The van der Waals surface area contributed by atoms with Gasteiger partial charge in [0.1, 0.15) is 0 Å². The molecule has 0 saturated carbocycles. The van der Waals surface area contributed by atoms with Gasteiger partial charge in [-0.1, -0.05) is 47.8 Å². The first kappa shape index (κ1) is 23.5. The summed E-state index contributed by atoms with van der Waals surface area (Å²) in [4.78, 5) is 26.8. The molecule has 0 aliphatic carbocycles. The molecule has 0 N–H and O–H groups in total. The summed E-state index contributed by atoms with van der Waals surface area (Å²) in [6.45, 7) is 0. The average Bonchev–Trinajstić information content (AvgIpc) is 3.03. The maximum atomic E-state index is 4.42. The van der Waals surface area contributed by atoms with Gasteiger partial charge in [0.2, 0.25) is 0 Å². The quantitative estimate of drug-likeness (QED) is 0.218. The van der Waals surface area contributed by atoms with Crippen molar-refractivity contribution in [1.82, 2.24) is 15.0 Å². The highest BCUT2D eigenvalue weighted by atomic mass is 32.2. The normalized spacial score (nSPS) is 16.9. The van der Waals surface area contributed by atoms with E-state index in [-0.39, 0.29) is 6.04 Å². The molecule has 40 heavy (non-hydrogen) atoms. The van der Waals surface area contributed by atoms with Crippen LogP contribution in [0.4, 0.5) is 28.4 Å². The minimum Gasteiger partial charge on any atom is -0.332 e. The zero-order valence-corrected chi connectivity index (χ0v) is 22.9. The van der Waals surface area contributed by atoms with Crippen molar-refractivity contribution in [2.24, 2.45) is 4.99 Å². The van der Waals surface area contributed by atoms with E-state index in [0.29, 0.717) is 0 Å². The molecule has 8 rings (SSSR count). The lowest BCUT2D eigenvalue weighted by molar-refractivity contribution is 0.781. The molecule has 0 saturated heterocycles. The van der Waals surface area contributed by atoms with Gasteiger partial charge in [0.15, 0.2) is 0 Å². The SMILES string of the molecule is C1=NC=C2Sc3cnccc3N(c3ccc(-c4ccc(N5c6ccncc6Sc6cnccc65)cc4)cc3)C2C1. The average molecular weight is 555 g/mol. The van der Waals surface area contributed by atoms with Crippen LogP contribution in [0.5, 0.6) is 0 Å². The van der Waals surface area contributed by atoms with Crippen molar-refractivity contribution >= 4 is 58.2 Å². The van der Waals surface area contributed by atoms with Crippen LogP contribution in [0.3, 0.4) is 0 Å². The van der Waals surface area contributed by atoms with E-state index in [9.17, 15) is 0 Å². The first-order valence-corrected chi connectivity index (χ1v) is 14.7. The van der Waals surface area contributed by atoms with Crippen LogP contribution in [-0.2, 0) is 0 Å². The first-order valence-electron chi connectivity index (χ1n) is 13.0. The van der Waals surface area contributed by atoms with Crippen LogP contribution in [-0.4, -0.2) is 27.2 Å². The van der Waals surface area contributed by atoms with Gasteiger partial charge in [-0.25, -0.2) is 0 Å². The third-order valence-electron chi connectivity index (χ3n) is 7.36. The van der Waals surface area contributed by atoms with Gasteiger partial charge in [-0.2, -0.15) is 0 Å². The Morgan fingerprint density at radius 3 is 1.77 bits per heavy atom. The topological polar surface area (TPSA) is 57.5 Å². The first-order chi connectivity index (χ1) is 19.8. The molecule has 0 amide bonds. The molecular weight excluding hydrogens is 533 g/mol. The molecule has 0 fully saturated rings. The number of hydrogen-bond donors (Lipinski definition) is 0. The Labute approximate surface area is 240 Å². The Bertz CT molecular complexity index is 1750. The fourth-order valence-corrected chi connectivity index (χ4v) is 7.58. The summed E-state index contributed by atoms with van der Waals surface area (Å²) in [6, 6.07) is 24.2. The highest BCUT2D eigenvalue weighted by molar-refractivity contribution is 8.03. The molecule has 0 bridgehead atoms. The Morgan fingerprint density at radius 1 is 0.600 bits per heavy atom. The fourth-order valence-electron chi connectivity index (χ4n) is 5.50. The van der Waals surface area contributed by atoms with Crippen LogP contribution >= 0.6 is 23.5 Å². The van der Waals surface area contributed by atoms with Crippen LogP contribution < -0.4 is 9.80 Å². The molecular formula is C32H22N6S2. The van der Waals surface area contributed by atoms with Gasteiger partial charge < -0.3 is 9.80 Å². The van der Waals surface area contributed by atoms with E-state index in [1.165, 1.54) is 27.4 Å². The maximum Gasteiger partial charge on any atom is 0.0719 e. The van der Waals surface area contributed by atoms with Gasteiger partial charge in [0, 0.05) is 72.3 Å². The molecule has 2 aromatic carbocycles. The lowest BCUT2D eigenvalue weighted by Gasteiger charge is -2.40. The van der Waals surface area contributed by atoms with E-state index >= 15 is 0 Å². The third kappa shape index (κ3) is 3.91. The fraction of sp³-hybridized carbons (Fsp3) is 0.0625. The summed E-state index contributed by atoms with van der Waals surface area (Å²) in [5, 5.41) is 0. The Kier molecular flexibility index (Phi) is 5.67. The zero-order chi connectivity index (χ0) is 26.5. The smallest absolute Gasteiger partial charge is 0.0719 e. The Hall–Kier alpha value is -4.40. The number of aliphatic imine (C=N–C) groups is 1. The standard InChI is InChI=1S/C32H22N6S2/c1-5-23(37-25-9-13-33-17-29(25)39-30-18-34-14-10-26(30)37)6-2-21(1)22-3-7-24(8-4-22)38-27-11-15-35-19-31(27)40-32-20-36-16-12-28(32)38/h1-11,13-20,28H,12H2. The van der Waals surface area contributed by atoms with Crippen LogP contribution in [0.15, 0.2) is 135 Å². The van der Waals surface area contributed by atoms with Crippen LogP contribution in [0, 0.1) is 0 Å². The summed E-state index contributed by atoms with van der Waals surface area (Å²) < 4.78 is 0. The molecule has 1 unspecified atom stereocenters. The van der Waals surface area contributed by atoms with Gasteiger partial charge >= 0.3 is 0 Å². The monoisotopic (exact) mass is 554 g/mol. The predicted molar refractivity (Wildman–Crippen MR) is 163 cm³/mol. The third-order valence-corrected chi connectivity index (χ3v) is 9.57. The lowest BCUT2D eigenvalue weighted by atomic mass is 10.0. The predicted octanol–water partition coefficient (Wildman–Crippen LogP) is 8.40. The number of thioether (sulfide) groups is 1. The number of pyridine rings is 3. The van der Waals surface area contributed by atoms with Crippen LogP contribution in [0.1, 0.15) is 6.42 Å². The maximum absolute atomic E-state index is 4.42. The number of benzene rings is 2. The summed E-state index contributed by atoms with van der Waals surface area (Å²) in [7, 11) is 0. The van der Waals surface area contributed by atoms with Gasteiger partial charge in [-0.3, -0.25) is 19.9 Å². The van der Waals surface area contributed by atoms with E-state index in [0.717, 1.165) is 38.2 Å². The molecule has 3 aromatic heterocycles. The van der Waals surface area contributed by atoms with E-state index in [4.69, 9.17) is 0 Å². The van der Waals surface area contributed by atoms with Gasteiger partial charge in [-0.15, -0.1) is 0 Å². The molecule has 3 aliphatic rings. The zero-order valence-electron chi connectivity index (χ0n) is 21.3. The van der Waals surface area contributed by atoms with E-state index in [1.54, 1.807) is 23.5 Å². The van der Waals surface area contributed by atoms with E-state index in [2.05, 4.69) is 96.5 Å². The minimum atomic E-state index is 0.251. The second kappa shape index (κ2) is 9.66. The van der Waals surface area contributed by atoms with Crippen molar-refractivity contribution in [1.29, 1.82) is 0 Å². The highest BCUT2D eigenvalue weighted by Gasteiger charge is 2.32. The number of nitrogens with zero attached hydrogens (tertiary/aromatic N) is 6. The molecule has 1 atom stereocenters. The summed E-state index contributed by atoms with van der Waals surface area (Å²) in [5.74, 6) is 0. The Morgan fingerprint density at radius 2 is 1.15 bits per heavy atom. The van der Waals surface area contributed by atoms with E-state index < -0.39 is 0 Å². The largest absolute Gasteiger partial charge is 0.332 e. The molecule has 0 spiro atoms. The van der Waals surface area contributed by atoms with Crippen molar-refractivity contribution < 1.29 is 0 Å². The van der Waals surface area contributed by atoms with E-state index in [1.807, 2.05) is 49.6 Å². The molecule has 8 heteroatoms. The molecule has 5 aromatic rings. The summed E-state index contributed by atoms with van der Waals surface area (Å²) >= 11 is 3.49. The van der Waals surface area contributed by atoms with Gasteiger partial charge in [0.25, 0.3) is 0 Å². The molecule has 3 aliphatic heterocycles. The van der Waals surface area contributed by atoms with Crippen LogP contribution in [0.2, 0.25) is 0 Å². The second-order valence-corrected chi connectivity index (χ2v) is 11.8. The molecule has 192 valence electrons. The lowest BCUT2D eigenvalue weighted by Crippen LogP contribution is -2.36. The van der Waals surface area contributed by atoms with Crippen molar-refractivity contribution in [3.8, 4) is 11.1 Å². The van der Waals surface area contributed by atoms with Crippen molar-refractivity contribution in [3.05, 3.63) is 115 Å². The van der Waals surface area contributed by atoms with Gasteiger partial charge in [0.05, 0.1) is 37.8 Å². The Balaban J connectivity index is 1.12. The number of aromatic nitrogens is 3. The molecule has 6 nitrogen and oxygen atoms in total. The summed E-state index contributed by atoms with van der Waals surface area (Å²) in [5.41, 5.74) is 8.09.